The molecule has 1 saturated heterocycles. The molecule has 3 aliphatic carbocycles. The molecule has 4 heteroatoms. The Morgan fingerprint density at radius 3 is 2.79 bits per heavy atom. The van der Waals surface area contributed by atoms with Gasteiger partial charge in [-0.05, 0) is 48.5 Å². The molecule has 0 aromatic heterocycles. The number of epoxide rings is 1. The highest BCUT2D eigenvalue weighted by atomic mass is 16.6. The van der Waals surface area contributed by atoms with E-state index in [9.17, 15) is 9.90 Å². The van der Waals surface area contributed by atoms with Gasteiger partial charge >= 0.3 is 5.97 Å². The van der Waals surface area contributed by atoms with Gasteiger partial charge in [-0.1, -0.05) is 27.2 Å². The molecule has 2 saturated carbocycles. The van der Waals surface area contributed by atoms with Crippen LogP contribution in [0.25, 0.3) is 0 Å². The molecule has 5 rings (SSSR count). The Morgan fingerprint density at radius 1 is 1.25 bits per heavy atom. The number of hydrogen-bond donors (Lipinski definition) is 1. The molecule has 3 fully saturated rings. The first kappa shape index (κ1) is 15.2. The van der Waals surface area contributed by atoms with E-state index in [4.69, 9.17) is 9.47 Å². The zero-order valence-electron chi connectivity index (χ0n) is 14.7. The molecule has 1 N–H and O–H groups in total. The number of fused-ring (bicyclic) bond motifs is 4. The van der Waals surface area contributed by atoms with Crippen molar-refractivity contribution >= 4 is 5.97 Å². The molecule has 0 radical (unpaired) electrons. The summed E-state index contributed by atoms with van der Waals surface area (Å²) >= 11 is 0. The first-order chi connectivity index (χ1) is 11.3. The van der Waals surface area contributed by atoms with Crippen molar-refractivity contribution in [2.45, 2.75) is 64.6 Å². The van der Waals surface area contributed by atoms with Gasteiger partial charge in [-0.3, -0.25) is 0 Å². The van der Waals surface area contributed by atoms with Crippen LogP contribution in [0, 0.1) is 22.7 Å². The summed E-state index contributed by atoms with van der Waals surface area (Å²) < 4.78 is 11.8. The number of rotatable bonds is 1. The van der Waals surface area contributed by atoms with Crippen LogP contribution in [0.3, 0.4) is 0 Å². The predicted octanol–water partition coefficient (Wildman–Crippen LogP) is 3.11. The van der Waals surface area contributed by atoms with E-state index in [0.717, 1.165) is 12.0 Å². The highest BCUT2D eigenvalue weighted by Crippen LogP contribution is 2.71. The van der Waals surface area contributed by atoms with Gasteiger partial charge in [-0.15, -0.1) is 0 Å². The van der Waals surface area contributed by atoms with E-state index in [1.54, 1.807) is 0 Å². The van der Waals surface area contributed by atoms with E-state index in [1.165, 1.54) is 25.7 Å². The summed E-state index contributed by atoms with van der Waals surface area (Å²) in [4.78, 5) is 12.1. The first-order valence-electron chi connectivity index (χ1n) is 9.29. The Kier molecular flexibility index (Phi) is 2.74. The zero-order valence-corrected chi connectivity index (χ0v) is 14.7. The fraction of sp³-hybridized carbons (Fsp3) is 0.750. The lowest BCUT2D eigenvalue weighted by Crippen LogP contribution is -2.55. The number of aliphatic hydroxyl groups excluding tert-OH is 1. The normalized spacial score (nSPS) is 47.9. The largest absolute Gasteiger partial charge is 0.423 e. The van der Waals surface area contributed by atoms with Gasteiger partial charge in [0.25, 0.3) is 0 Å². The van der Waals surface area contributed by atoms with Crippen molar-refractivity contribution in [1.29, 1.82) is 0 Å². The summed E-state index contributed by atoms with van der Waals surface area (Å²) in [7, 11) is 0. The van der Waals surface area contributed by atoms with E-state index >= 15 is 0 Å². The number of carbonyl (C=O) groups is 1. The number of carbonyl (C=O) groups excluding carboxylic acids is 1. The first-order valence-corrected chi connectivity index (χ1v) is 9.29. The van der Waals surface area contributed by atoms with Crippen molar-refractivity contribution in [2.24, 2.45) is 22.7 Å². The van der Waals surface area contributed by atoms with Gasteiger partial charge in [0.1, 0.15) is 17.5 Å². The van der Waals surface area contributed by atoms with Gasteiger partial charge in [0.15, 0.2) is 0 Å². The maximum Gasteiger partial charge on any atom is 0.342 e. The molecule has 130 valence electrons. The van der Waals surface area contributed by atoms with Crippen LogP contribution in [0.15, 0.2) is 23.0 Å². The van der Waals surface area contributed by atoms with Crippen LogP contribution in [-0.2, 0) is 14.3 Å². The molecule has 24 heavy (non-hydrogen) atoms. The predicted molar refractivity (Wildman–Crippen MR) is 87.8 cm³/mol. The number of ether oxygens (including phenoxy) is 2. The summed E-state index contributed by atoms with van der Waals surface area (Å²) in [5, 5.41) is 9.57. The van der Waals surface area contributed by atoms with Crippen molar-refractivity contribution in [3.05, 3.63) is 23.0 Å². The van der Waals surface area contributed by atoms with Gasteiger partial charge in [-0.25, -0.2) is 4.79 Å². The summed E-state index contributed by atoms with van der Waals surface area (Å²) in [6.45, 7) is 7.00. The van der Waals surface area contributed by atoms with Gasteiger partial charge in [0, 0.05) is 11.5 Å². The third-order valence-corrected chi connectivity index (χ3v) is 7.84. The highest BCUT2D eigenvalue weighted by molar-refractivity contribution is 5.95. The van der Waals surface area contributed by atoms with Crippen molar-refractivity contribution in [3.8, 4) is 0 Å². The highest BCUT2D eigenvalue weighted by Gasteiger charge is 2.73. The molecule has 0 bridgehead atoms. The van der Waals surface area contributed by atoms with Crippen molar-refractivity contribution < 1.29 is 19.4 Å². The van der Waals surface area contributed by atoms with E-state index < -0.39 is 5.97 Å². The smallest absolute Gasteiger partial charge is 0.342 e. The third-order valence-electron chi connectivity index (χ3n) is 7.84. The number of aliphatic hydroxyl groups is 1. The van der Waals surface area contributed by atoms with Crippen LogP contribution in [-0.4, -0.2) is 29.4 Å². The Bertz CT molecular complexity index is 702. The van der Waals surface area contributed by atoms with E-state index in [-0.39, 0.29) is 23.7 Å². The SMILES string of the molecule is CC1(C)CCC[C@@]2(C)[C@@H]1CC[C@]13O[C@H]1C1=C(CO)C(=O)OC1=C[C@@H]23. The summed E-state index contributed by atoms with van der Waals surface area (Å²) in [5.41, 5.74) is 1.62. The lowest BCUT2D eigenvalue weighted by Gasteiger charge is -2.59. The monoisotopic (exact) mass is 330 g/mol. The number of esters is 1. The number of hydrogen-bond acceptors (Lipinski definition) is 4. The lowest BCUT2D eigenvalue weighted by molar-refractivity contribution is -0.134. The van der Waals surface area contributed by atoms with Crippen LogP contribution in [0.4, 0.5) is 0 Å². The second-order valence-electron chi connectivity index (χ2n) is 9.34. The van der Waals surface area contributed by atoms with E-state index in [1.807, 2.05) is 0 Å². The second-order valence-corrected chi connectivity index (χ2v) is 9.34. The van der Waals surface area contributed by atoms with Crippen molar-refractivity contribution in [3.63, 3.8) is 0 Å². The average Bonchev–Trinajstić information content (AvgIpc) is 3.13. The molecule has 5 atom stereocenters. The minimum absolute atomic E-state index is 0.0566. The molecule has 0 amide bonds. The molecule has 5 aliphatic rings. The Morgan fingerprint density at radius 2 is 2.04 bits per heavy atom. The van der Waals surface area contributed by atoms with Gasteiger partial charge in [0.2, 0.25) is 0 Å². The molecule has 1 spiro atoms. The molecule has 0 aromatic rings. The molecule has 2 aliphatic heterocycles. The minimum atomic E-state index is -0.395. The Labute approximate surface area is 142 Å². The maximum atomic E-state index is 12.1. The van der Waals surface area contributed by atoms with E-state index in [0.29, 0.717) is 28.6 Å². The molecule has 0 unspecified atom stereocenters. The summed E-state index contributed by atoms with van der Waals surface area (Å²) in [6.07, 6.45) is 8.12. The molecular weight excluding hydrogens is 304 g/mol. The van der Waals surface area contributed by atoms with Gasteiger partial charge in [0.05, 0.1) is 12.2 Å². The second kappa shape index (κ2) is 4.34. The van der Waals surface area contributed by atoms with Gasteiger partial charge in [-0.2, -0.15) is 0 Å². The average molecular weight is 330 g/mol. The Balaban J connectivity index is 1.63. The van der Waals surface area contributed by atoms with Gasteiger partial charge < -0.3 is 14.6 Å². The van der Waals surface area contributed by atoms with Crippen LogP contribution in [0.5, 0.6) is 0 Å². The molecule has 4 nitrogen and oxygen atoms in total. The fourth-order valence-electron chi connectivity index (χ4n) is 6.78. The molecular formula is C20H26O4. The third kappa shape index (κ3) is 1.60. The maximum absolute atomic E-state index is 12.1. The fourth-order valence-corrected chi connectivity index (χ4v) is 6.78. The van der Waals surface area contributed by atoms with Crippen LogP contribution in [0.1, 0.15) is 52.9 Å². The standard InChI is InChI=1S/C20H26O4/c1-18(2)6-4-7-19(3)13(18)5-8-20-14(19)9-12-15(16(20)24-20)11(10-21)17(22)23-12/h9,13-14,16,21H,4-8,10H2,1-3H3/t13-,14+,16+,19+,20-/m1/s1. The van der Waals surface area contributed by atoms with Crippen LogP contribution >= 0.6 is 0 Å². The van der Waals surface area contributed by atoms with Crippen LogP contribution < -0.4 is 0 Å². The quantitative estimate of drug-likeness (QED) is 0.593. The van der Waals surface area contributed by atoms with E-state index in [2.05, 4.69) is 26.8 Å². The zero-order chi connectivity index (χ0) is 16.9. The van der Waals surface area contributed by atoms with Crippen molar-refractivity contribution in [2.75, 3.05) is 6.61 Å². The minimum Gasteiger partial charge on any atom is -0.423 e. The van der Waals surface area contributed by atoms with Crippen LogP contribution in [0.2, 0.25) is 0 Å². The lowest BCUT2D eigenvalue weighted by atomic mass is 9.45. The van der Waals surface area contributed by atoms with Crippen molar-refractivity contribution in [1.82, 2.24) is 0 Å². The topological polar surface area (TPSA) is 59.1 Å². The molecule has 0 aromatic carbocycles. The summed E-state index contributed by atoms with van der Waals surface area (Å²) in [6, 6.07) is 0. The Hall–Kier alpha value is -1.13. The molecule has 2 heterocycles. The summed E-state index contributed by atoms with van der Waals surface area (Å²) in [5.74, 6) is 1.25.